The minimum atomic E-state index is -0.756. The fourth-order valence-corrected chi connectivity index (χ4v) is 5.46. The summed E-state index contributed by atoms with van der Waals surface area (Å²) in [6.45, 7) is 7.68. The summed E-state index contributed by atoms with van der Waals surface area (Å²) in [5.41, 5.74) is 0.106. The summed E-state index contributed by atoms with van der Waals surface area (Å²) in [6.07, 6.45) is 4.40. The maximum absolute atomic E-state index is 13.3. The third-order valence-electron chi connectivity index (χ3n) is 7.43. The first-order chi connectivity index (χ1) is 14.8. The minimum Gasteiger partial charge on any atom is -0.323 e. The Morgan fingerprint density at radius 3 is 2.48 bits per heavy atom. The van der Waals surface area contributed by atoms with Gasteiger partial charge in [0.2, 0.25) is 5.91 Å². The summed E-state index contributed by atoms with van der Waals surface area (Å²) in [6, 6.07) is 5.28. The lowest BCUT2D eigenvalue weighted by Crippen LogP contribution is -2.59. The Morgan fingerprint density at radius 1 is 1.16 bits per heavy atom. The lowest BCUT2D eigenvalue weighted by molar-refractivity contribution is -0.138. The van der Waals surface area contributed by atoms with Crippen molar-refractivity contribution in [2.45, 2.75) is 58.4 Å². The number of anilines is 1. The molecular weight excluding hydrogens is 394 g/mol. The third-order valence-corrected chi connectivity index (χ3v) is 7.43. The van der Waals surface area contributed by atoms with Crippen molar-refractivity contribution in [1.82, 2.24) is 20.1 Å². The second-order valence-corrected chi connectivity index (χ2v) is 9.45. The Kier molecular flexibility index (Phi) is 6.01. The van der Waals surface area contributed by atoms with Crippen LogP contribution in [0, 0.1) is 24.7 Å². The Bertz CT molecular complexity index is 855. The molecule has 4 rings (SSSR count). The molecule has 0 radical (unpaired) electrons. The van der Waals surface area contributed by atoms with Crippen molar-refractivity contribution in [2.75, 3.05) is 25.1 Å². The fourth-order valence-electron chi connectivity index (χ4n) is 5.46. The van der Waals surface area contributed by atoms with Gasteiger partial charge in [-0.25, -0.2) is 14.7 Å². The van der Waals surface area contributed by atoms with Gasteiger partial charge in [0.1, 0.15) is 11.4 Å². The largest absolute Gasteiger partial charge is 0.326 e. The van der Waals surface area contributed by atoms with E-state index in [-0.39, 0.29) is 35.6 Å². The van der Waals surface area contributed by atoms with Crippen LogP contribution in [0.4, 0.5) is 10.6 Å². The number of aromatic nitrogens is 1. The molecule has 1 spiro atoms. The monoisotopic (exact) mass is 427 g/mol. The number of hydrogen-bond donors (Lipinski definition) is 2. The highest BCUT2D eigenvalue weighted by Gasteiger charge is 2.58. The number of nitrogens with one attached hydrogen (secondary N) is 2. The fraction of sp³-hybridized carbons (Fsp3) is 0.652. The van der Waals surface area contributed by atoms with E-state index in [1.165, 1.54) is 4.90 Å². The van der Waals surface area contributed by atoms with E-state index in [4.69, 9.17) is 0 Å². The molecule has 2 N–H and O–H groups in total. The number of amides is 4. The number of likely N-dealkylation sites (tertiary alicyclic amines) is 1. The molecule has 3 aliphatic rings. The van der Waals surface area contributed by atoms with Crippen LogP contribution in [0.2, 0.25) is 0 Å². The van der Waals surface area contributed by atoms with E-state index in [0.717, 1.165) is 25.0 Å². The van der Waals surface area contributed by atoms with Crippen molar-refractivity contribution in [2.24, 2.45) is 17.8 Å². The molecule has 1 aliphatic carbocycles. The zero-order valence-electron chi connectivity index (χ0n) is 18.7. The molecule has 168 valence electrons. The molecule has 3 heterocycles. The van der Waals surface area contributed by atoms with Gasteiger partial charge in [-0.15, -0.1) is 0 Å². The quantitative estimate of drug-likeness (QED) is 0.721. The molecule has 0 aromatic carbocycles. The summed E-state index contributed by atoms with van der Waals surface area (Å²) in [4.78, 5) is 46.5. The van der Waals surface area contributed by atoms with E-state index in [1.54, 1.807) is 6.07 Å². The van der Waals surface area contributed by atoms with Gasteiger partial charge >= 0.3 is 6.03 Å². The Morgan fingerprint density at radius 2 is 1.84 bits per heavy atom. The number of hydrogen-bond acceptors (Lipinski definition) is 5. The van der Waals surface area contributed by atoms with E-state index in [9.17, 15) is 14.4 Å². The van der Waals surface area contributed by atoms with Gasteiger partial charge in [-0.2, -0.15) is 0 Å². The number of piperidine rings is 1. The molecule has 4 amide bonds. The van der Waals surface area contributed by atoms with Crippen molar-refractivity contribution in [3.05, 3.63) is 23.9 Å². The molecule has 1 saturated carbocycles. The van der Waals surface area contributed by atoms with Gasteiger partial charge in [0.25, 0.3) is 5.91 Å². The van der Waals surface area contributed by atoms with Gasteiger partial charge in [0.05, 0.1) is 6.67 Å². The lowest BCUT2D eigenvalue weighted by atomic mass is 9.67. The van der Waals surface area contributed by atoms with Gasteiger partial charge < -0.3 is 10.6 Å². The Hall–Kier alpha value is -2.48. The van der Waals surface area contributed by atoms with Crippen LogP contribution in [-0.4, -0.2) is 57.9 Å². The second kappa shape index (κ2) is 8.57. The van der Waals surface area contributed by atoms with Gasteiger partial charge in [0.15, 0.2) is 0 Å². The average molecular weight is 428 g/mol. The van der Waals surface area contributed by atoms with Crippen molar-refractivity contribution in [1.29, 1.82) is 0 Å². The molecule has 8 heteroatoms. The molecule has 31 heavy (non-hydrogen) atoms. The Balaban J connectivity index is 1.33. The van der Waals surface area contributed by atoms with Crippen LogP contribution in [0.15, 0.2) is 18.2 Å². The number of urea groups is 1. The van der Waals surface area contributed by atoms with E-state index in [0.29, 0.717) is 38.4 Å². The van der Waals surface area contributed by atoms with Crippen LogP contribution in [0.5, 0.6) is 0 Å². The first-order valence-electron chi connectivity index (χ1n) is 11.4. The lowest BCUT2D eigenvalue weighted by Gasteiger charge is -2.42. The van der Waals surface area contributed by atoms with Gasteiger partial charge in [-0.3, -0.25) is 14.5 Å². The molecule has 2 saturated heterocycles. The van der Waals surface area contributed by atoms with Crippen molar-refractivity contribution < 1.29 is 14.4 Å². The first kappa shape index (κ1) is 21.7. The molecule has 3 fully saturated rings. The van der Waals surface area contributed by atoms with Crippen molar-refractivity contribution >= 4 is 23.7 Å². The third kappa shape index (κ3) is 4.05. The summed E-state index contributed by atoms with van der Waals surface area (Å²) < 4.78 is 0. The molecule has 1 aromatic rings. The van der Waals surface area contributed by atoms with Crippen LogP contribution in [0.25, 0.3) is 0 Å². The molecule has 2 aliphatic heterocycles. The average Bonchev–Trinajstić information content (AvgIpc) is 2.98. The van der Waals surface area contributed by atoms with Crippen LogP contribution < -0.4 is 10.6 Å². The van der Waals surface area contributed by atoms with Gasteiger partial charge in [0, 0.05) is 24.7 Å². The van der Waals surface area contributed by atoms with Crippen molar-refractivity contribution in [3.63, 3.8) is 0 Å². The van der Waals surface area contributed by atoms with E-state index in [1.807, 2.05) is 19.1 Å². The number of imide groups is 1. The highest BCUT2D eigenvalue weighted by Crippen LogP contribution is 2.42. The van der Waals surface area contributed by atoms with Gasteiger partial charge in [-0.1, -0.05) is 26.3 Å². The number of carbonyl (C=O) groups excluding carboxylic acids is 3. The minimum absolute atomic E-state index is 0.0171. The molecule has 0 bridgehead atoms. The summed E-state index contributed by atoms with van der Waals surface area (Å²) in [5, 5.41) is 5.96. The van der Waals surface area contributed by atoms with Crippen LogP contribution in [-0.2, 0) is 9.59 Å². The van der Waals surface area contributed by atoms with Crippen LogP contribution in [0.1, 0.15) is 51.6 Å². The Labute approximate surface area is 183 Å². The highest BCUT2D eigenvalue weighted by molar-refractivity contribution is 6.07. The predicted molar refractivity (Wildman–Crippen MR) is 117 cm³/mol. The van der Waals surface area contributed by atoms with E-state index >= 15 is 0 Å². The molecule has 1 aromatic heterocycles. The van der Waals surface area contributed by atoms with E-state index < -0.39 is 5.54 Å². The molecule has 3 atom stereocenters. The highest BCUT2D eigenvalue weighted by atomic mass is 16.2. The van der Waals surface area contributed by atoms with Gasteiger partial charge in [-0.05, 0) is 56.6 Å². The number of rotatable bonds is 4. The van der Waals surface area contributed by atoms with Crippen LogP contribution >= 0.6 is 0 Å². The van der Waals surface area contributed by atoms with E-state index in [2.05, 4.69) is 34.4 Å². The smallest absolute Gasteiger partial charge is 0.323 e. The SMILES string of the molecule is Cc1cccc(NC(=O)C2CCN(CN3C(=O)NC4(C3=O)[C@H](C)CCC[C@@H]4C)CC2)n1. The number of carbonyl (C=O) groups is 3. The second-order valence-electron chi connectivity index (χ2n) is 9.45. The number of aryl methyl sites for hydroxylation is 1. The zero-order valence-corrected chi connectivity index (χ0v) is 18.7. The summed E-state index contributed by atoms with van der Waals surface area (Å²) >= 11 is 0. The normalized spacial score (nSPS) is 30.0. The standard InChI is InChI=1S/C23H33N5O3/c1-15-6-4-7-16(2)23(15)21(30)28(22(31)26-23)14-27-12-10-18(11-13-27)20(29)25-19-9-5-8-17(3)24-19/h5,8-9,15-16,18H,4,6-7,10-14H2,1-3H3,(H,26,31)(H,24,25,29)/t15-,16+,23?. The number of nitrogens with zero attached hydrogens (tertiary/aromatic N) is 3. The van der Waals surface area contributed by atoms with Crippen LogP contribution in [0.3, 0.4) is 0 Å². The summed E-state index contributed by atoms with van der Waals surface area (Å²) in [5.74, 6) is 0.669. The maximum atomic E-state index is 13.3. The predicted octanol–water partition coefficient (Wildman–Crippen LogP) is 2.74. The summed E-state index contributed by atoms with van der Waals surface area (Å²) in [7, 11) is 0. The van der Waals surface area contributed by atoms with Crippen molar-refractivity contribution in [3.8, 4) is 0 Å². The molecule has 8 nitrogen and oxygen atoms in total. The number of pyridine rings is 1. The topological polar surface area (TPSA) is 94.6 Å². The maximum Gasteiger partial charge on any atom is 0.326 e. The zero-order chi connectivity index (χ0) is 22.2. The first-order valence-corrected chi connectivity index (χ1v) is 11.4. The molecule has 1 unspecified atom stereocenters. The molecular formula is C23H33N5O3.